The molecular formula is C11H19N5O2. The number of aliphatic hydroxyl groups is 1. The van der Waals surface area contributed by atoms with Crippen LogP contribution in [-0.2, 0) is 0 Å². The lowest BCUT2D eigenvalue weighted by molar-refractivity contribution is 0.0713. The number of hydrogen-bond donors (Lipinski definition) is 3. The zero-order chi connectivity index (χ0) is 13.4. The Balaban J connectivity index is 2.79. The second kappa shape index (κ2) is 7.57. The largest absolute Gasteiger partial charge is 0.395 e. The smallest absolute Gasteiger partial charge is 0.274 e. The Morgan fingerprint density at radius 1 is 1.50 bits per heavy atom. The molecule has 0 saturated heterocycles. The summed E-state index contributed by atoms with van der Waals surface area (Å²) in [6, 6.07) is 0. The first-order valence-corrected chi connectivity index (χ1v) is 5.91. The maximum absolute atomic E-state index is 12.2. The van der Waals surface area contributed by atoms with Crippen molar-refractivity contribution >= 4 is 11.7 Å². The van der Waals surface area contributed by atoms with Crippen LogP contribution in [0.5, 0.6) is 0 Å². The van der Waals surface area contributed by atoms with Crippen molar-refractivity contribution in [2.45, 2.75) is 19.8 Å². The Kier molecular flexibility index (Phi) is 6.03. The van der Waals surface area contributed by atoms with Crippen molar-refractivity contribution in [2.75, 3.05) is 25.1 Å². The third-order valence-electron chi connectivity index (χ3n) is 2.44. The van der Waals surface area contributed by atoms with Gasteiger partial charge in [0.2, 0.25) is 0 Å². The summed E-state index contributed by atoms with van der Waals surface area (Å²) in [4.78, 5) is 21.6. The molecule has 0 aliphatic carbocycles. The maximum Gasteiger partial charge on any atom is 0.274 e. The first-order chi connectivity index (χ1) is 8.72. The molecule has 1 heterocycles. The van der Waals surface area contributed by atoms with E-state index in [0.717, 1.165) is 12.8 Å². The third-order valence-corrected chi connectivity index (χ3v) is 2.44. The molecule has 1 rings (SSSR count). The zero-order valence-corrected chi connectivity index (χ0v) is 10.5. The summed E-state index contributed by atoms with van der Waals surface area (Å²) in [5, 5.41) is 8.97. The quantitative estimate of drug-likeness (QED) is 0.466. The minimum atomic E-state index is -0.248. The number of nitrogen functional groups attached to an aromatic ring is 1. The van der Waals surface area contributed by atoms with E-state index in [1.807, 2.05) is 6.92 Å². The van der Waals surface area contributed by atoms with Crippen molar-refractivity contribution in [1.82, 2.24) is 14.9 Å². The molecule has 0 atom stereocenters. The highest BCUT2D eigenvalue weighted by atomic mass is 16.3. The van der Waals surface area contributed by atoms with Crippen molar-refractivity contribution in [2.24, 2.45) is 5.84 Å². The van der Waals surface area contributed by atoms with E-state index < -0.39 is 0 Å². The molecule has 0 saturated carbocycles. The summed E-state index contributed by atoms with van der Waals surface area (Å²) in [7, 11) is 0. The Morgan fingerprint density at radius 3 is 2.89 bits per heavy atom. The lowest BCUT2D eigenvalue weighted by atomic mass is 10.3. The van der Waals surface area contributed by atoms with E-state index in [1.165, 1.54) is 12.4 Å². The molecule has 0 unspecified atom stereocenters. The number of nitrogens with two attached hydrogens (primary N) is 1. The van der Waals surface area contributed by atoms with Crippen LogP contribution in [-0.4, -0.2) is 45.6 Å². The van der Waals surface area contributed by atoms with E-state index in [1.54, 1.807) is 4.90 Å². The van der Waals surface area contributed by atoms with Gasteiger partial charge < -0.3 is 15.4 Å². The normalized spacial score (nSPS) is 10.2. The van der Waals surface area contributed by atoms with Crippen LogP contribution in [0.4, 0.5) is 5.82 Å². The van der Waals surface area contributed by atoms with Crippen LogP contribution in [0.3, 0.4) is 0 Å². The number of aromatic nitrogens is 2. The van der Waals surface area contributed by atoms with E-state index in [-0.39, 0.29) is 18.2 Å². The van der Waals surface area contributed by atoms with Gasteiger partial charge in [-0.15, -0.1) is 0 Å². The number of carbonyl (C=O) groups excluding carboxylic acids is 1. The molecule has 7 nitrogen and oxygen atoms in total. The molecule has 0 spiro atoms. The minimum Gasteiger partial charge on any atom is -0.395 e. The van der Waals surface area contributed by atoms with Crippen molar-refractivity contribution < 1.29 is 9.90 Å². The molecule has 0 aliphatic rings. The maximum atomic E-state index is 12.2. The first-order valence-electron chi connectivity index (χ1n) is 5.91. The fraction of sp³-hybridized carbons (Fsp3) is 0.545. The van der Waals surface area contributed by atoms with Gasteiger partial charge in [0.1, 0.15) is 5.69 Å². The van der Waals surface area contributed by atoms with E-state index in [0.29, 0.717) is 18.9 Å². The molecule has 0 aliphatic heterocycles. The number of amides is 1. The molecule has 1 aromatic heterocycles. The molecule has 0 radical (unpaired) electrons. The highest BCUT2D eigenvalue weighted by Gasteiger charge is 2.16. The van der Waals surface area contributed by atoms with Crippen LogP contribution in [0.1, 0.15) is 30.3 Å². The highest BCUT2D eigenvalue weighted by Crippen LogP contribution is 2.05. The van der Waals surface area contributed by atoms with Crippen LogP contribution < -0.4 is 11.3 Å². The van der Waals surface area contributed by atoms with Crippen LogP contribution in [0.25, 0.3) is 0 Å². The van der Waals surface area contributed by atoms with Crippen LogP contribution in [0.15, 0.2) is 12.4 Å². The number of rotatable bonds is 7. The van der Waals surface area contributed by atoms with Crippen molar-refractivity contribution in [3.05, 3.63) is 18.1 Å². The SMILES string of the molecule is CCCCN(CCO)C(=O)c1cncc(NN)n1. The van der Waals surface area contributed by atoms with E-state index in [2.05, 4.69) is 15.4 Å². The van der Waals surface area contributed by atoms with Gasteiger partial charge in [-0.25, -0.2) is 10.8 Å². The van der Waals surface area contributed by atoms with Gasteiger partial charge in [0.25, 0.3) is 5.91 Å². The lowest BCUT2D eigenvalue weighted by Gasteiger charge is -2.21. The monoisotopic (exact) mass is 253 g/mol. The Morgan fingerprint density at radius 2 is 2.28 bits per heavy atom. The van der Waals surface area contributed by atoms with Gasteiger partial charge in [-0.05, 0) is 6.42 Å². The number of nitrogens with one attached hydrogen (secondary N) is 1. The molecule has 100 valence electrons. The summed E-state index contributed by atoms with van der Waals surface area (Å²) in [6.45, 7) is 2.86. The molecule has 7 heteroatoms. The van der Waals surface area contributed by atoms with E-state index in [4.69, 9.17) is 10.9 Å². The summed E-state index contributed by atoms with van der Waals surface area (Å²) < 4.78 is 0. The number of unbranched alkanes of at least 4 members (excludes halogenated alkanes) is 1. The summed E-state index contributed by atoms with van der Waals surface area (Å²) in [5.74, 6) is 5.30. The van der Waals surface area contributed by atoms with Gasteiger partial charge >= 0.3 is 0 Å². The Hall–Kier alpha value is -1.73. The predicted octanol–water partition coefficient (Wildman–Crippen LogP) is -0.00320. The second-order valence-corrected chi connectivity index (χ2v) is 3.80. The molecular weight excluding hydrogens is 234 g/mol. The minimum absolute atomic E-state index is 0.0717. The van der Waals surface area contributed by atoms with Crippen molar-refractivity contribution in [3.63, 3.8) is 0 Å². The van der Waals surface area contributed by atoms with Gasteiger partial charge in [-0.1, -0.05) is 13.3 Å². The number of carbonyl (C=O) groups is 1. The molecule has 4 N–H and O–H groups in total. The lowest BCUT2D eigenvalue weighted by Crippen LogP contribution is -2.35. The Bertz CT molecular complexity index is 385. The Labute approximate surface area is 106 Å². The fourth-order valence-corrected chi connectivity index (χ4v) is 1.49. The molecule has 0 fully saturated rings. The molecule has 18 heavy (non-hydrogen) atoms. The van der Waals surface area contributed by atoms with Gasteiger partial charge in [0.05, 0.1) is 19.0 Å². The van der Waals surface area contributed by atoms with Crippen LogP contribution >= 0.6 is 0 Å². The van der Waals surface area contributed by atoms with Crippen LogP contribution in [0, 0.1) is 0 Å². The number of nitrogens with zero attached hydrogens (tertiary/aromatic N) is 3. The first kappa shape index (κ1) is 14.3. The van der Waals surface area contributed by atoms with Crippen LogP contribution in [0.2, 0.25) is 0 Å². The predicted molar refractivity (Wildman–Crippen MR) is 67.7 cm³/mol. The topological polar surface area (TPSA) is 104 Å². The summed E-state index contributed by atoms with van der Waals surface area (Å²) in [5.41, 5.74) is 2.56. The summed E-state index contributed by atoms with van der Waals surface area (Å²) in [6.07, 6.45) is 4.68. The highest BCUT2D eigenvalue weighted by molar-refractivity contribution is 5.92. The fourth-order valence-electron chi connectivity index (χ4n) is 1.49. The molecule has 1 amide bonds. The van der Waals surface area contributed by atoms with Crippen molar-refractivity contribution in [1.29, 1.82) is 0 Å². The average molecular weight is 253 g/mol. The molecule has 1 aromatic rings. The average Bonchev–Trinajstić information content (AvgIpc) is 2.42. The number of hydrogen-bond acceptors (Lipinski definition) is 6. The van der Waals surface area contributed by atoms with Gasteiger partial charge in [0, 0.05) is 13.1 Å². The van der Waals surface area contributed by atoms with Gasteiger partial charge in [0.15, 0.2) is 5.82 Å². The van der Waals surface area contributed by atoms with E-state index in [9.17, 15) is 4.79 Å². The van der Waals surface area contributed by atoms with E-state index >= 15 is 0 Å². The van der Waals surface area contributed by atoms with Gasteiger partial charge in [-0.2, -0.15) is 0 Å². The molecule has 0 aromatic carbocycles. The number of aliphatic hydroxyl groups excluding tert-OH is 1. The molecule has 0 bridgehead atoms. The zero-order valence-electron chi connectivity index (χ0n) is 10.5. The number of anilines is 1. The van der Waals surface area contributed by atoms with Crippen molar-refractivity contribution in [3.8, 4) is 0 Å². The summed E-state index contributed by atoms with van der Waals surface area (Å²) >= 11 is 0. The standard InChI is InChI=1S/C11H19N5O2/c1-2-3-4-16(5-6-17)11(18)9-7-13-8-10(14-9)15-12/h7-8,17H,2-6,12H2,1H3,(H,14,15). The second-order valence-electron chi connectivity index (χ2n) is 3.80. The van der Waals surface area contributed by atoms with Gasteiger partial charge in [-0.3, -0.25) is 9.78 Å². The number of hydrazine groups is 1. The third kappa shape index (κ3) is 3.94.